The van der Waals surface area contributed by atoms with E-state index in [4.69, 9.17) is 0 Å². The predicted octanol–water partition coefficient (Wildman–Crippen LogP) is 6.03. The van der Waals surface area contributed by atoms with Crippen LogP contribution in [0, 0.1) is 0 Å². The Hall–Kier alpha value is -3.10. The van der Waals surface area contributed by atoms with Gasteiger partial charge in [-0.2, -0.15) is 4.99 Å². The molecule has 0 aromatic heterocycles. The second-order valence-electron chi connectivity index (χ2n) is 8.17. The molecule has 0 saturated carbocycles. The SMILES string of the molecule is CC(C)(C1=CC=S(N=C=O)C=C1)c1cccc(C(C)(C)c2ccc(N=C=O)cc2)c1. The third-order valence-corrected chi connectivity index (χ3v) is 6.82. The molecular formula is C25H24N2O2S. The van der Waals surface area contributed by atoms with Crippen molar-refractivity contribution in [3.05, 3.63) is 88.4 Å². The summed E-state index contributed by atoms with van der Waals surface area (Å²) in [5.41, 5.74) is 4.90. The van der Waals surface area contributed by atoms with Crippen LogP contribution < -0.4 is 0 Å². The van der Waals surface area contributed by atoms with Crippen molar-refractivity contribution in [3.63, 3.8) is 0 Å². The first-order chi connectivity index (χ1) is 14.3. The van der Waals surface area contributed by atoms with E-state index in [1.54, 1.807) is 12.2 Å². The summed E-state index contributed by atoms with van der Waals surface area (Å²) in [7, 11) is -0.516. The number of carbonyl (C=O) groups excluding carboxylic acids is 2. The van der Waals surface area contributed by atoms with Crippen molar-refractivity contribution in [2.24, 2.45) is 9.39 Å². The number of aliphatic imine (C=N–C) groups is 1. The Labute approximate surface area is 179 Å². The standard InChI is InChI=1S/C25H24N2O2S/c1-24(2,19-8-10-23(11-9-19)26-17-28)21-6-5-7-22(16-21)25(3,4)20-12-14-30(15-13-20)27-18-29/h5-16H,1-4H3. The summed E-state index contributed by atoms with van der Waals surface area (Å²) in [4.78, 5) is 24.6. The molecule has 0 aliphatic carbocycles. The molecule has 2 aromatic rings. The van der Waals surface area contributed by atoms with Crippen LogP contribution in [0.15, 0.2) is 81.1 Å². The molecule has 0 amide bonds. The van der Waals surface area contributed by atoms with Gasteiger partial charge in [-0.3, -0.25) is 0 Å². The average molecular weight is 417 g/mol. The van der Waals surface area contributed by atoms with Crippen LogP contribution in [-0.2, 0) is 20.4 Å². The smallest absolute Gasteiger partial charge is 0.211 e. The molecular weight excluding hydrogens is 392 g/mol. The van der Waals surface area contributed by atoms with Crippen molar-refractivity contribution < 1.29 is 9.59 Å². The fourth-order valence-electron chi connectivity index (χ4n) is 3.54. The number of hydrogen-bond acceptors (Lipinski definition) is 4. The minimum atomic E-state index is -0.516. The van der Waals surface area contributed by atoms with E-state index in [0.29, 0.717) is 5.69 Å². The monoisotopic (exact) mass is 416 g/mol. The Kier molecular flexibility index (Phi) is 6.28. The summed E-state index contributed by atoms with van der Waals surface area (Å²) in [6.07, 6.45) is 7.30. The normalized spacial score (nSPS) is 16.0. The zero-order valence-corrected chi connectivity index (χ0v) is 18.4. The summed E-state index contributed by atoms with van der Waals surface area (Å²) in [5, 5.41) is 3.89. The molecule has 1 aliphatic heterocycles. The molecule has 0 spiro atoms. The summed E-state index contributed by atoms with van der Waals surface area (Å²) in [5.74, 6) is 0. The maximum Gasteiger partial charge on any atom is 0.247 e. The molecule has 0 radical (unpaired) electrons. The fourth-order valence-corrected chi connectivity index (χ4v) is 4.41. The summed E-state index contributed by atoms with van der Waals surface area (Å²) >= 11 is 0. The largest absolute Gasteiger partial charge is 0.247 e. The summed E-state index contributed by atoms with van der Waals surface area (Å²) in [6, 6.07) is 16.3. The molecule has 0 saturated heterocycles. The van der Waals surface area contributed by atoms with E-state index in [-0.39, 0.29) is 10.8 Å². The van der Waals surface area contributed by atoms with Gasteiger partial charge in [-0.25, -0.2) is 9.59 Å². The number of isocyanates is 2. The second kappa shape index (κ2) is 8.73. The fraction of sp³-hybridized carbons (Fsp3) is 0.240. The van der Waals surface area contributed by atoms with Gasteiger partial charge < -0.3 is 0 Å². The first kappa shape index (κ1) is 21.6. The van der Waals surface area contributed by atoms with Gasteiger partial charge in [0.2, 0.25) is 12.2 Å². The van der Waals surface area contributed by atoms with Gasteiger partial charge in [0, 0.05) is 10.8 Å². The molecule has 0 bridgehead atoms. The lowest BCUT2D eigenvalue weighted by Gasteiger charge is -2.31. The van der Waals surface area contributed by atoms with Crippen LogP contribution in [0.2, 0.25) is 0 Å². The van der Waals surface area contributed by atoms with E-state index < -0.39 is 10.7 Å². The van der Waals surface area contributed by atoms with E-state index in [1.165, 1.54) is 16.7 Å². The lowest BCUT2D eigenvalue weighted by Crippen LogP contribution is -2.23. The zero-order chi connectivity index (χ0) is 21.8. The van der Waals surface area contributed by atoms with Gasteiger partial charge in [-0.15, -0.1) is 4.40 Å². The zero-order valence-electron chi connectivity index (χ0n) is 17.5. The summed E-state index contributed by atoms with van der Waals surface area (Å²) in [6.45, 7) is 8.77. The van der Waals surface area contributed by atoms with E-state index in [2.05, 4.69) is 61.4 Å². The molecule has 1 heterocycles. The highest BCUT2D eigenvalue weighted by Gasteiger charge is 2.28. The van der Waals surface area contributed by atoms with Crippen molar-refractivity contribution in [2.75, 3.05) is 0 Å². The molecule has 1 aliphatic rings. The molecule has 1 atom stereocenters. The number of nitrogens with zero attached hydrogens (tertiary/aromatic N) is 2. The molecule has 5 heteroatoms. The maximum atomic E-state index is 10.5. The first-order valence-corrected chi connectivity index (χ1v) is 10.9. The van der Waals surface area contributed by atoms with Crippen LogP contribution in [0.5, 0.6) is 0 Å². The highest BCUT2D eigenvalue weighted by Crippen LogP contribution is 2.39. The van der Waals surface area contributed by atoms with Crippen LogP contribution in [0.1, 0.15) is 44.4 Å². The van der Waals surface area contributed by atoms with Crippen molar-refractivity contribution in [1.82, 2.24) is 0 Å². The van der Waals surface area contributed by atoms with Crippen LogP contribution in [0.3, 0.4) is 0 Å². The Balaban J connectivity index is 1.96. The van der Waals surface area contributed by atoms with Crippen LogP contribution in [-0.4, -0.2) is 17.5 Å². The van der Waals surface area contributed by atoms with Crippen LogP contribution in [0.25, 0.3) is 0 Å². The van der Waals surface area contributed by atoms with Crippen molar-refractivity contribution in [3.8, 4) is 0 Å². The van der Waals surface area contributed by atoms with Gasteiger partial charge >= 0.3 is 0 Å². The quantitative estimate of drug-likeness (QED) is 0.328. The van der Waals surface area contributed by atoms with Gasteiger partial charge in [-0.05, 0) is 55.8 Å². The van der Waals surface area contributed by atoms with E-state index in [0.717, 1.165) is 5.56 Å². The molecule has 3 rings (SSSR count). The van der Waals surface area contributed by atoms with Gasteiger partial charge in [0.15, 0.2) is 0 Å². The lowest BCUT2D eigenvalue weighted by molar-refractivity contribution is 0.565. The molecule has 30 heavy (non-hydrogen) atoms. The lowest BCUT2D eigenvalue weighted by atomic mass is 9.73. The minimum absolute atomic E-state index is 0.206. The number of benzene rings is 2. The van der Waals surface area contributed by atoms with Crippen molar-refractivity contribution >= 4 is 33.9 Å². The Morgan fingerprint density at radius 3 is 2.07 bits per heavy atom. The Morgan fingerprint density at radius 1 is 0.833 bits per heavy atom. The first-order valence-electron chi connectivity index (χ1n) is 9.62. The molecule has 152 valence electrons. The van der Waals surface area contributed by atoms with Crippen LogP contribution in [0.4, 0.5) is 5.69 Å². The van der Waals surface area contributed by atoms with Gasteiger partial charge in [0.25, 0.3) is 0 Å². The van der Waals surface area contributed by atoms with E-state index in [1.807, 2.05) is 47.2 Å². The molecule has 2 aromatic carbocycles. The van der Waals surface area contributed by atoms with E-state index in [9.17, 15) is 9.59 Å². The van der Waals surface area contributed by atoms with Crippen molar-refractivity contribution in [1.29, 1.82) is 0 Å². The molecule has 4 nitrogen and oxygen atoms in total. The van der Waals surface area contributed by atoms with Crippen LogP contribution >= 0.6 is 10.7 Å². The maximum absolute atomic E-state index is 10.5. The topological polar surface area (TPSA) is 58.9 Å². The highest BCUT2D eigenvalue weighted by molar-refractivity contribution is 8.16. The Bertz CT molecular complexity index is 1140. The summed E-state index contributed by atoms with van der Waals surface area (Å²) < 4.78 is 3.78. The van der Waals surface area contributed by atoms with Crippen molar-refractivity contribution in [2.45, 2.75) is 38.5 Å². The third-order valence-electron chi connectivity index (χ3n) is 5.71. The highest BCUT2D eigenvalue weighted by atomic mass is 32.2. The second-order valence-corrected chi connectivity index (χ2v) is 9.59. The van der Waals surface area contributed by atoms with Gasteiger partial charge in [0.05, 0.1) is 5.69 Å². The molecule has 1 unspecified atom stereocenters. The molecule has 0 fully saturated rings. The predicted molar refractivity (Wildman–Crippen MR) is 125 cm³/mol. The van der Waals surface area contributed by atoms with Gasteiger partial charge in [0.1, 0.15) is 0 Å². The number of hydrogen-bond donors (Lipinski definition) is 0. The third kappa shape index (κ3) is 4.39. The van der Waals surface area contributed by atoms with Gasteiger partial charge in [-0.1, -0.05) is 76.2 Å². The number of allylic oxidation sites excluding steroid dienone is 3. The average Bonchev–Trinajstić information content (AvgIpc) is 2.75. The molecule has 0 N–H and O–H groups in total. The van der Waals surface area contributed by atoms with E-state index >= 15 is 0 Å². The minimum Gasteiger partial charge on any atom is -0.211 e. The Morgan fingerprint density at radius 2 is 1.50 bits per heavy atom. The number of rotatable bonds is 6.